The van der Waals surface area contributed by atoms with E-state index in [0.29, 0.717) is 19.5 Å². The molecule has 0 aliphatic rings. The molecule has 1 rings (SSSR count). The Morgan fingerprint density at radius 1 is 1.42 bits per heavy atom. The van der Waals surface area contributed by atoms with Crippen LogP contribution in [0.2, 0.25) is 0 Å². The summed E-state index contributed by atoms with van der Waals surface area (Å²) in [5, 5.41) is 5.79. The van der Waals surface area contributed by atoms with Gasteiger partial charge in [-0.2, -0.15) is 0 Å². The Morgan fingerprint density at radius 2 is 2.16 bits per heavy atom. The summed E-state index contributed by atoms with van der Waals surface area (Å²) in [4.78, 5) is 11.4. The van der Waals surface area contributed by atoms with E-state index in [4.69, 9.17) is 4.74 Å². The second-order valence-corrected chi connectivity index (χ2v) is 4.40. The summed E-state index contributed by atoms with van der Waals surface area (Å²) in [6.45, 7) is 5.19. The molecule has 0 radical (unpaired) electrons. The topological polar surface area (TPSA) is 50.4 Å². The van der Waals surface area contributed by atoms with Crippen molar-refractivity contribution in [1.82, 2.24) is 10.6 Å². The number of benzene rings is 1. The Balaban J connectivity index is 0.00000324. The van der Waals surface area contributed by atoms with Crippen LogP contribution in [0.5, 0.6) is 5.75 Å². The number of aryl methyl sites for hydroxylation is 1. The molecule has 1 aromatic carbocycles. The first kappa shape index (κ1) is 17.7. The normalized spacial score (nSPS) is 11.3. The molecule has 19 heavy (non-hydrogen) atoms. The van der Waals surface area contributed by atoms with Gasteiger partial charge in [0.1, 0.15) is 11.9 Å². The number of rotatable bonds is 7. The first-order valence-corrected chi connectivity index (χ1v) is 6.26. The van der Waals surface area contributed by atoms with Gasteiger partial charge in [0.2, 0.25) is 5.91 Å². The molecule has 0 saturated carbocycles. The van der Waals surface area contributed by atoms with E-state index in [1.54, 1.807) is 0 Å². The Bertz CT molecular complexity index is 385. The largest absolute Gasteiger partial charge is 0.489 e. The average molecular weight is 287 g/mol. The van der Waals surface area contributed by atoms with E-state index in [1.807, 2.05) is 45.2 Å². The summed E-state index contributed by atoms with van der Waals surface area (Å²) in [6.07, 6.45) is 0.457. The number of amides is 1. The monoisotopic (exact) mass is 286 g/mol. The van der Waals surface area contributed by atoms with Gasteiger partial charge >= 0.3 is 0 Å². The number of hydrogen-bond donors (Lipinski definition) is 2. The molecule has 0 spiro atoms. The Labute approximate surface area is 121 Å². The van der Waals surface area contributed by atoms with E-state index < -0.39 is 0 Å². The van der Waals surface area contributed by atoms with Gasteiger partial charge in [-0.25, -0.2) is 0 Å². The third-order valence-corrected chi connectivity index (χ3v) is 2.52. The van der Waals surface area contributed by atoms with Crippen molar-refractivity contribution in [3.63, 3.8) is 0 Å². The predicted octanol–water partition coefficient (Wildman–Crippen LogP) is 1.91. The van der Waals surface area contributed by atoms with E-state index in [0.717, 1.165) is 11.3 Å². The Hall–Kier alpha value is -1.26. The molecular formula is C14H23ClN2O2. The van der Waals surface area contributed by atoms with Gasteiger partial charge in [0.25, 0.3) is 0 Å². The molecule has 1 amide bonds. The molecule has 1 aromatic rings. The second-order valence-electron chi connectivity index (χ2n) is 4.40. The summed E-state index contributed by atoms with van der Waals surface area (Å²) in [5.74, 6) is 0.885. The number of nitrogens with one attached hydrogen (secondary N) is 2. The minimum atomic E-state index is -0.0367. The first-order chi connectivity index (χ1) is 8.61. The van der Waals surface area contributed by atoms with Gasteiger partial charge in [-0.1, -0.05) is 12.1 Å². The zero-order chi connectivity index (χ0) is 13.4. The number of carbonyl (C=O) groups excluding carboxylic acids is 1. The summed E-state index contributed by atoms with van der Waals surface area (Å²) in [5.41, 5.74) is 1.16. The molecule has 4 nitrogen and oxygen atoms in total. The van der Waals surface area contributed by atoms with Crippen molar-refractivity contribution in [2.75, 3.05) is 20.1 Å². The molecule has 0 aliphatic carbocycles. The van der Waals surface area contributed by atoms with E-state index in [-0.39, 0.29) is 24.4 Å². The molecule has 0 aromatic heterocycles. The van der Waals surface area contributed by atoms with Crippen molar-refractivity contribution < 1.29 is 9.53 Å². The maximum Gasteiger partial charge on any atom is 0.221 e. The number of hydrogen-bond acceptors (Lipinski definition) is 3. The zero-order valence-electron chi connectivity index (χ0n) is 11.7. The van der Waals surface area contributed by atoms with Crippen LogP contribution in [-0.4, -0.2) is 32.1 Å². The number of carbonyl (C=O) groups is 1. The third-order valence-electron chi connectivity index (χ3n) is 2.52. The van der Waals surface area contributed by atoms with Crippen molar-refractivity contribution in [2.45, 2.75) is 26.4 Å². The van der Waals surface area contributed by atoms with Crippen LogP contribution in [-0.2, 0) is 4.79 Å². The minimum absolute atomic E-state index is 0. The molecular weight excluding hydrogens is 264 g/mol. The highest BCUT2D eigenvalue weighted by atomic mass is 35.5. The van der Waals surface area contributed by atoms with Crippen LogP contribution in [0.4, 0.5) is 0 Å². The van der Waals surface area contributed by atoms with E-state index in [9.17, 15) is 4.79 Å². The standard InChI is InChI=1S/C14H22N2O2.ClH/c1-11-5-4-6-13(9-11)18-12(2)10-16-14(17)7-8-15-3;/h4-6,9,12,15H,7-8,10H2,1-3H3,(H,16,17);1H. The van der Waals surface area contributed by atoms with Crippen LogP contribution >= 0.6 is 12.4 Å². The van der Waals surface area contributed by atoms with E-state index >= 15 is 0 Å². The zero-order valence-corrected chi connectivity index (χ0v) is 12.5. The van der Waals surface area contributed by atoms with Crippen LogP contribution in [0.25, 0.3) is 0 Å². The molecule has 2 N–H and O–H groups in total. The minimum Gasteiger partial charge on any atom is -0.489 e. The lowest BCUT2D eigenvalue weighted by atomic mass is 10.2. The molecule has 0 fully saturated rings. The summed E-state index contributed by atoms with van der Waals surface area (Å²) in [7, 11) is 1.83. The van der Waals surface area contributed by atoms with Gasteiger partial charge in [0, 0.05) is 13.0 Å². The van der Waals surface area contributed by atoms with Gasteiger partial charge in [-0.15, -0.1) is 12.4 Å². The maximum absolute atomic E-state index is 11.4. The highest BCUT2D eigenvalue weighted by Crippen LogP contribution is 2.13. The van der Waals surface area contributed by atoms with Gasteiger partial charge in [0.05, 0.1) is 6.54 Å². The molecule has 0 heterocycles. The van der Waals surface area contributed by atoms with Crippen LogP contribution in [0, 0.1) is 6.92 Å². The van der Waals surface area contributed by atoms with Gasteiger partial charge in [-0.3, -0.25) is 4.79 Å². The van der Waals surface area contributed by atoms with Crippen LogP contribution in [0.3, 0.4) is 0 Å². The fourth-order valence-corrected chi connectivity index (χ4v) is 1.55. The molecule has 108 valence electrons. The van der Waals surface area contributed by atoms with Crippen molar-refractivity contribution in [3.8, 4) is 5.75 Å². The lowest BCUT2D eigenvalue weighted by molar-refractivity contribution is -0.121. The molecule has 1 atom stereocenters. The first-order valence-electron chi connectivity index (χ1n) is 6.26. The quantitative estimate of drug-likeness (QED) is 0.805. The van der Waals surface area contributed by atoms with Crippen molar-refractivity contribution in [1.29, 1.82) is 0 Å². The molecule has 0 bridgehead atoms. The third kappa shape index (κ3) is 7.70. The van der Waals surface area contributed by atoms with Crippen molar-refractivity contribution in [2.24, 2.45) is 0 Å². The highest BCUT2D eigenvalue weighted by molar-refractivity contribution is 5.85. The lowest BCUT2D eigenvalue weighted by Gasteiger charge is -2.15. The fraction of sp³-hybridized carbons (Fsp3) is 0.500. The SMILES string of the molecule is CNCCC(=O)NCC(C)Oc1cccc(C)c1.Cl. The fourth-order valence-electron chi connectivity index (χ4n) is 1.55. The summed E-state index contributed by atoms with van der Waals surface area (Å²) in [6, 6.07) is 7.89. The molecule has 0 aliphatic heterocycles. The number of ether oxygens (including phenoxy) is 1. The van der Waals surface area contributed by atoms with Crippen LogP contribution in [0.15, 0.2) is 24.3 Å². The van der Waals surface area contributed by atoms with Crippen molar-refractivity contribution in [3.05, 3.63) is 29.8 Å². The summed E-state index contributed by atoms with van der Waals surface area (Å²) < 4.78 is 5.72. The lowest BCUT2D eigenvalue weighted by Crippen LogP contribution is -2.34. The van der Waals surface area contributed by atoms with Crippen LogP contribution < -0.4 is 15.4 Å². The van der Waals surface area contributed by atoms with Gasteiger partial charge < -0.3 is 15.4 Å². The van der Waals surface area contributed by atoms with Crippen molar-refractivity contribution >= 4 is 18.3 Å². The Morgan fingerprint density at radius 3 is 2.79 bits per heavy atom. The van der Waals surface area contributed by atoms with Gasteiger partial charge in [0.15, 0.2) is 0 Å². The smallest absolute Gasteiger partial charge is 0.221 e. The Kier molecular flexibility index (Phi) is 9.00. The molecule has 5 heteroatoms. The second kappa shape index (κ2) is 9.64. The predicted molar refractivity (Wildman–Crippen MR) is 80.1 cm³/mol. The maximum atomic E-state index is 11.4. The average Bonchev–Trinajstić information content (AvgIpc) is 2.34. The number of halogens is 1. The summed E-state index contributed by atoms with van der Waals surface area (Å²) >= 11 is 0. The van der Waals surface area contributed by atoms with E-state index in [2.05, 4.69) is 10.6 Å². The highest BCUT2D eigenvalue weighted by Gasteiger charge is 2.06. The van der Waals surface area contributed by atoms with Gasteiger partial charge in [-0.05, 0) is 38.6 Å². The molecule has 1 unspecified atom stereocenters. The van der Waals surface area contributed by atoms with Crippen LogP contribution in [0.1, 0.15) is 18.9 Å². The molecule has 0 saturated heterocycles. The van der Waals surface area contributed by atoms with E-state index in [1.165, 1.54) is 0 Å².